The number of aryl methyl sites for hydroxylation is 1. The zero-order chi connectivity index (χ0) is 13.0. The van der Waals surface area contributed by atoms with Crippen molar-refractivity contribution in [3.8, 4) is 0 Å². The Labute approximate surface area is 113 Å². The monoisotopic (exact) mass is 269 g/mol. The average Bonchev–Trinajstić information content (AvgIpc) is 2.33. The standard InChI is InChI=1S/C14H20ClNO2/c1-11-2-3-12(13(15)8-11)9-16-10-14(17)4-6-18-7-5-14/h2-3,8,16-17H,4-7,9-10H2,1H3. The highest BCUT2D eigenvalue weighted by atomic mass is 35.5. The summed E-state index contributed by atoms with van der Waals surface area (Å²) in [4.78, 5) is 0. The van der Waals surface area contributed by atoms with Crippen LogP contribution in [0.5, 0.6) is 0 Å². The summed E-state index contributed by atoms with van der Waals surface area (Å²) in [5.74, 6) is 0. The third-order valence-corrected chi connectivity index (χ3v) is 3.75. The molecule has 100 valence electrons. The van der Waals surface area contributed by atoms with E-state index in [0.29, 0.717) is 39.1 Å². The molecule has 18 heavy (non-hydrogen) atoms. The van der Waals surface area contributed by atoms with Crippen LogP contribution in [-0.4, -0.2) is 30.5 Å². The van der Waals surface area contributed by atoms with E-state index in [1.54, 1.807) is 0 Å². The third-order valence-electron chi connectivity index (χ3n) is 3.40. The van der Waals surface area contributed by atoms with Gasteiger partial charge in [-0.3, -0.25) is 0 Å². The van der Waals surface area contributed by atoms with Gasteiger partial charge in [0.15, 0.2) is 0 Å². The molecule has 1 fully saturated rings. The van der Waals surface area contributed by atoms with Gasteiger partial charge in [0.05, 0.1) is 5.60 Å². The SMILES string of the molecule is Cc1ccc(CNCC2(O)CCOCC2)c(Cl)c1. The lowest BCUT2D eigenvalue weighted by Gasteiger charge is -2.32. The van der Waals surface area contributed by atoms with Crippen molar-refractivity contribution in [3.05, 3.63) is 34.3 Å². The molecule has 0 radical (unpaired) electrons. The van der Waals surface area contributed by atoms with E-state index in [2.05, 4.69) is 5.32 Å². The maximum Gasteiger partial charge on any atom is 0.0815 e. The van der Waals surface area contributed by atoms with Gasteiger partial charge in [0.2, 0.25) is 0 Å². The lowest BCUT2D eigenvalue weighted by atomic mass is 9.94. The van der Waals surface area contributed by atoms with Gasteiger partial charge in [-0.2, -0.15) is 0 Å². The molecule has 1 heterocycles. The fraction of sp³-hybridized carbons (Fsp3) is 0.571. The van der Waals surface area contributed by atoms with Gasteiger partial charge in [0.25, 0.3) is 0 Å². The predicted octanol–water partition coefficient (Wildman–Crippen LogP) is 2.28. The second kappa shape index (κ2) is 6.02. The first kappa shape index (κ1) is 13.8. The molecule has 0 unspecified atom stereocenters. The van der Waals surface area contributed by atoms with Crippen molar-refractivity contribution in [2.24, 2.45) is 0 Å². The summed E-state index contributed by atoms with van der Waals surface area (Å²) in [7, 11) is 0. The molecular weight excluding hydrogens is 250 g/mol. The number of halogens is 1. The van der Waals surface area contributed by atoms with Gasteiger partial charge < -0.3 is 15.2 Å². The molecule has 0 bridgehead atoms. The van der Waals surface area contributed by atoms with Crippen LogP contribution in [0.15, 0.2) is 18.2 Å². The minimum Gasteiger partial charge on any atom is -0.388 e. The highest BCUT2D eigenvalue weighted by molar-refractivity contribution is 6.31. The molecule has 0 atom stereocenters. The number of benzene rings is 1. The van der Waals surface area contributed by atoms with Crippen molar-refractivity contribution >= 4 is 11.6 Å². The van der Waals surface area contributed by atoms with Gasteiger partial charge in [-0.05, 0) is 24.1 Å². The highest BCUT2D eigenvalue weighted by Crippen LogP contribution is 2.20. The van der Waals surface area contributed by atoms with Gasteiger partial charge >= 0.3 is 0 Å². The third kappa shape index (κ3) is 3.69. The van der Waals surface area contributed by atoms with E-state index in [4.69, 9.17) is 16.3 Å². The second-order valence-corrected chi connectivity index (χ2v) is 5.44. The first-order valence-corrected chi connectivity index (χ1v) is 6.73. The van der Waals surface area contributed by atoms with Gasteiger partial charge in [-0.25, -0.2) is 0 Å². The molecule has 0 spiro atoms. The number of rotatable bonds is 4. The van der Waals surface area contributed by atoms with Crippen molar-refractivity contribution in [2.45, 2.75) is 31.9 Å². The van der Waals surface area contributed by atoms with E-state index >= 15 is 0 Å². The van der Waals surface area contributed by atoms with Crippen LogP contribution in [0.1, 0.15) is 24.0 Å². The smallest absolute Gasteiger partial charge is 0.0815 e. The number of ether oxygens (including phenoxy) is 1. The Bertz CT molecular complexity index is 403. The van der Waals surface area contributed by atoms with Gasteiger partial charge in [-0.15, -0.1) is 0 Å². The van der Waals surface area contributed by atoms with Crippen LogP contribution in [0.4, 0.5) is 0 Å². The van der Waals surface area contributed by atoms with Crippen LogP contribution in [0.25, 0.3) is 0 Å². The Hall–Kier alpha value is -0.610. The minimum absolute atomic E-state index is 0.584. The van der Waals surface area contributed by atoms with Gasteiger partial charge in [0.1, 0.15) is 0 Å². The summed E-state index contributed by atoms with van der Waals surface area (Å²) in [6.45, 7) is 4.57. The number of nitrogens with one attached hydrogen (secondary N) is 1. The molecule has 0 amide bonds. The minimum atomic E-state index is -0.630. The molecule has 4 heteroatoms. The van der Waals surface area contributed by atoms with Crippen molar-refractivity contribution in [2.75, 3.05) is 19.8 Å². The van der Waals surface area contributed by atoms with Crippen molar-refractivity contribution in [1.29, 1.82) is 0 Å². The molecule has 0 aliphatic carbocycles. The molecule has 1 aliphatic rings. The van der Waals surface area contributed by atoms with E-state index in [9.17, 15) is 5.11 Å². The number of hydrogen-bond donors (Lipinski definition) is 2. The largest absolute Gasteiger partial charge is 0.388 e. The molecule has 2 rings (SSSR count). The quantitative estimate of drug-likeness (QED) is 0.881. The van der Waals surface area contributed by atoms with Crippen LogP contribution in [-0.2, 0) is 11.3 Å². The molecule has 1 saturated heterocycles. The lowest BCUT2D eigenvalue weighted by molar-refractivity contribution is -0.0617. The lowest BCUT2D eigenvalue weighted by Crippen LogP contribution is -2.44. The van der Waals surface area contributed by atoms with Crippen LogP contribution in [0.2, 0.25) is 5.02 Å². The summed E-state index contributed by atoms with van der Waals surface area (Å²) < 4.78 is 5.25. The van der Waals surface area contributed by atoms with E-state index < -0.39 is 5.60 Å². The van der Waals surface area contributed by atoms with E-state index in [1.165, 1.54) is 0 Å². The Morgan fingerprint density at radius 3 is 2.78 bits per heavy atom. The normalized spacial score (nSPS) is 18.8. The molecule has 0 aromatic heterocycles. The average molecular weight is 270 g/mol. The van der Waals surface area contributed by atoms with Crippen LogP contribution < -0.4 is 5.32 Å². The molecule has 3 nitrogen and oxygen atoms in total. The molecule has 1 aromatic carbocycles. The molecule has 0 saturated carbocycles. The Balaban J connectivity index is 1.84. The summed E-state index contributed by atoms with van der Waals surface area (Å²) >= 11 is 6.16. The molecule has 1 aromatic rings. The number of aliphatic hydroxyl groups is 1. The zero-order valence-corrected chi connectivity index (χ0v) is 11.5. The van der Waals surface area contributed by atoms with Crippen molar-refractivity contribution in [3.63, 3.8) is 0 Å². The van der Waals surface area contributed by atoms with Gasteiger partial charge in [0, 0.05) is 44.2 Å². The summed E-state index contributed by atoms with van der Waals surface area (Å²) in [5, 5.41) is 14.3. The molecule has 1 aliphatic heterocycles. The fourth-order valence-electron chi connectivity index (χ4n) is 2.15. The first-order valence-electron chi connectivity index (χ1n) is 6.35. The first-order chi connectivity index (χ1) is 8.59. The summed E-state index contributed by atoms with van der Waals surface area (Å²) in [5.41, 5.74) is 1.60. The Morgan fingerprint density at radius 1 is 1.39 bits per heavy atom. The predicted molar refractivity (Wildman–Crippen MR) is 72.9 cm³/mol. The second-order valence-electron chi connectivity index (χ2n) is 5.04. The fourth-order valence-corrected chi connectivity index (χ4v) is 2.46. The van der Waals surface area contributed by atoms with Gasteiger partial charge in [-0.1, -0.05) is 23.7 Å². The molecule has 2 N–H and O–H groups in total. The topological polar surface area (TPSA) is 41.5 Å². The van der Waals surface area contributed by atoms with E-state index in [1.807, 2.05) is 25.1 Å². The maximum atomic E-state index is 10.3. The van der Waals surface area contributed by atoms with E-state index in [-0.39, 0.29) is 0 Å². The Kier molecular flexibility index (Phi) is 4.62. The molecular formula is C14H20ClNO2. The Morgan fingerprint density at radius 2 is 2.11 bits per heavy atom. The van der Waals surface area contributed by atoms with Crippen molar-refractivity contribution in [1.82, 2.24) is 5.32 Å². The zero-order valence-electron chi connectivity index (χ0n) is 10.7. The highest BCUT2D eigenvalue weighted by Gasteiger charge is 2.29. The summed E-state index contributed by atoms with van der Waals surface area (Å²) in [6, 6.07) is 6.03. The van der Waals surface area contributed by atoms with Crippen molar-refractivity contribution < 1.29 is 9.84 Å². The van der Waals surface area contributed by atoms with Crippen LogP contribution >= 0.6 is 11.6 Å². The number of hydrogen-bond acceptors (Lipinski definition) is 3. The van der Waals surface area contributed by atoms with E-state index in [0.717, 1.165) is 16.1 Å². The maximum absolute atomic E-state index is 10.3. The van der Waals surface area contributed by atoms with Crippen LogP contribution in [0.3, 0.4) is 0 Å². The van der Waals surface area contributed by atoms with Crippen LogP contribution in [0, 0.1) is 6.92 Å². The summed E-state index contributed by atoms with van der Waals surface area (Å²) in [6.07, 6.45) is 1.39.